The summed E-state index contributed by atoms with van der Waals surface area (Å²) in [7, 11) is 1.54. The van der Waals surface area contributed by atoms with Crippen LogP contribution in [0.1, 0.15) is 63.1 Å². The van der Waals surface area contributed by atoms with E-state index in [2.05, 4.69) is 14.8 Å². The van der Waals surface area contributed by atoms with Gasteiger partial charge in [0.15, 0.2) is 11.6 Å². The zero-order valence-electron chi connectivity index (χ0n) is 28.3. The van der Waals surface area contributed by atoms with Crippen LogP contribution in [0.2, 0.25) is 0 Å². The number of carbonyl (C=O) groups is 1. The third-order valence-electron chi connectivity index (χ3n) is 8.93. The highest BCUT2D eigenvalue weighted by Crippen LogP contribution is 2.39. The molecule has 3 atom stereocenters. The molecule has 2 N–H and O–H groups in total. The fraction of sp³-hybridized carbons (Fsp3) is 0.471. The normalized spacial score (nSPS) is 17.4. The topological polar surface area (TPSA) is 128 Å². The number of amides is 1. The maximum absolute atomic E-state index is 13.9. The zero-order valence-corrected chi connectivity index (χ0v) is 29.1. The van der Waals surface area contributed by atoms with E-state index in [0.717, 1.165) is 0 Å². The molecular weight excluding hydrogens is 702 g/mol. The lowest BCUT2D eigenvalue weighted by Gasteiger charge is -2.39. The van der Waals surface area contributed by atoms with Crippen molar-refractivity contribution >= 4 is 28.3 Å². The van der Waals surface area contributed by atoms with Crippen molar-refractivity contribution in [2.45, 2.75) is 81.2 Å². The van der Waals surface area contributed by atoms with Crippen LogP contribution in [0.3, 0.4) is 0 Å². The second-order valence-electron chi connectivity index (χ2n) is 13.8. The molecule has 2 aromatic carbocycles. The Hall–Kier alpha value is -3.93. The number of likely N-dealkylation sites (tertiary alicyclic amines) is 1. The van der Waals surface area contributed by atoms with Gasteiger partial charge in [-0.2, -0.15) is 31.4 Å². The lowest BCUT2D eigenvalue weighted by Crippen LogP contribution is -2.50. The summed E-state index contributed by atoms with van der Waals surface area (Å²) < 4.78 is 99.6. The van der Waals surface area contributed by atoms with Crippen LogP contribution in [-0.2, 0) is 29.7 Å². The van der Waals surface area contributed by atoms with Crippen LogP contribution in [-0.4, -0.2) is 75.6 Å². The van der Waals surface area contributed by atoms with Crippen LogP contribution in [0, 0.1) is 0 Å². The lowest BCUT2D eigenvalue weighted by atomic mass is 9.90. The van der Waals surface area contributed by atoms with Gasteiger partial charge in [0.05, 0.1) is 30.1 Å². The minimum atomic E-state index is -4.73. The molecule has 1 aliphatic rings. The summed E-state index contributed by atoms with van der Waals surface area (Å²) in [5.41, 5.74) is -1.33. The molecule has 10 nitrogen and oxygen atoms in total. The molecule has 0 spiro atoms. The fourth-order valence-corrected chi connectivity index (χ4v) is 6.87. The number of nitrogens with zero attached hydrogens (tertiary/aromatic N) is 5. The van der Waals surface area contributed by atoms with Crippen molar-refractivity contribution in [3.8, 4) is 11.3 Å². The molecule has 5 rings (SSSR count). The highest BCUT2D eigenvalue weighted by Gasteiger charge is 2.46. The number of aryl methyl sites for hydroxylation is 1. The monoisotopic (exact) mass is 740 g/mol. The first-order valence-electron chi connectivity index (χ1n) is 16.1. The van der Waals surface area contributed by atoms with E-state index < -0.39 is 63.9 Å². The number of rotatable bonds is 9. The van der Waals surface area contributed by atoms with Gasteiger partial charge in [-0.1, -0.05) is 54.6 Å². The Bertz CT molecular complexity index is 1900. The number of alkyl halides is 6. The van der Waals surface area contributed by atoms with Gasteiger partial charge >= 0.3 is 12.4 Å². The molecule has 1 fully saturated rings. The van der Waals surface area contributed by atoms with Crippen LogP contribution >= 0.6 is 0 Å². The Morgan fingerprint density at radius 3 is 2.12 bits per heavy atom. The van der Waals surface area contributed by atoms with Crippen molar-refractivity contribution in [1.82, 2.24) is 29.0 Å². The summed E-state index contributed by atoms with van der Waals surface area (Å²) in [5.74, 6) is -2.66. The number of benzene rings is 2. The lowest BCUT2D eigenvalue weighted by molar-refractivity contribution is -0.162. The molecule has 1 amide bonds. The molecule has 0 radical (unpaired) electrons. The number of aromatic nitrogens is 4. The maximum Gasteiger partial charge on any atom is 0.412 e. The van der Waals surface area contributed by atoms with Gasteiger partial charge in [0.25, 0.3) is 5.56 Å². The predicted molar refractivity (Wildman–Crippen MR) is 179 cm³/mol. The molecule has 17 heteroatoms. The second-order valence-corrected chi connectivity index (χ2v) is 15.8. The molecule has 4 aromatic rings. The van der Waals surface area contributed by atoms with E-state index in [9.17, 15) is 45.6 Å². The molecule has 1 aliphatic heterocycles. The van der Waals surface area contributed by atoms with Crippen molar-refractivity contribution < 1.29 is 40.8 Å². The SMILES string of the molecule is Cn1nc2c(=O)n(CC3(O)CCN(C(=O)CC(c4ccccc4)C(F)(F)F)CC3)cnc2c1-c1ccc(C(N[S+]([O-])C(C)(C)C)C(F)(F)F)cc1. The molecular formula is C34H38F6N6O4S. The van der Waals surface area contributed by atoms with Crippen LogP contribution in [0.5, 0.6) is 0 Å². The number of halogens is 6. The number of hydrogen-bond donors (Lipinski definition) is 2. The van der Waals surface area contributed by atoms with Gasteiger partial charge in [0.1, 0.15) is 10.3 Å². The minimum Gasteiger partial charge on any atom is -0.598 e. The molecule has 2 aromatic heterocycles. The van der Waals surface area contributed by atoms with Crippen LogP contribution in [0.25, 0.3) is 22.3 Å². The molecule has 0 bridgehead atoms. The third-order valence-corrected chi connectivity index (χ3v) is 10.5. The first-order chi connectivity index (χ1) is 23.7. The Morgan fingerprint density at radius 1 is 0.961 bits per heavy atom. The van der Waals surface area contributed by atoms with E-state index in [1.165, 1.54) is 69.0 Å². The molecule has 1 saturated heterocycles. The fourth-order valence-electron chi connectivity index (χ4n) is 6.03. The molecule has 51 heavy (non-hydrogen) atoms. The van der Waals surface area contributed by atoms with Gasteiger partial charge in [-0.05, 0) is 44.7 Å². The molecule has 0 aliphatic carbocycles. The predicted octanol–water partition coefficient (Wildman–Crippen LogP) is 5.54. The van der Waals surface area contributed by atoms with Crippen molar-refractivity contribution in [1.29, 1.82) is 0 Å². The first-order valence-corrected chi connectivity index (χ1v) is 17.2. The van der Waals surface area contributed by atoms with Gasteiger partial charge in [0.2, 0.25) is 5.91 Å². The minimum absolute atomic E-state index is 0.00216. The van der Waals surface area contributed by atoms with Crippen molar-refractivity contribution in [2.24, 2.45) is 7.05 Å². The van der Waals surface area contributed by atoms with E-state index in [1.807, 2.05) is 0 Å². The number of aliphatic hydroxyl groups is 1. The average molecular weight is 741 g/mol. The van der Waals surface area contributed by atoms with Crippen molar-refractivity contribution in [3.05, 3.63) is 82.4 Å². The Balaban J connectivity index is 1.30. The molecule has 0 saturated carbocycles. The summed E-state index contributed by atoms with van der Waals surface area (Å²) in [6.45, 7) is 4.42. The van der Waals surface area contributed by atoms with E-state index >= 15 is 0 Å². The number of piperidine rings is 1. The van der Waals surface area contributed by atoms with Crippen LogP contribution < -0.4 is 10.3 Å². The largest absolute Gasteiger partial charge is 0.598 e. The van der Waals surface area contributed by atoms with Gasteiger partial charge in [-0.25, -0.2) is 4.98 Å². The highest BCUT2D eigenvalue weighted by atomic mass is 32.2. The molecule has 3 unspecified atom stereocenters. The van der Waals surface area contributed by atoms with Gasteiger partial charge < -0.3 is 14.6 Å². The van der Waals surface area contributed by atoms with Crippen molar-refractivity contribution in [2.75, 3.05) is 13.1 Å². The third kappa shape index (κ3) is 8.59. The number of carbonyl (C=O) groups excluding carboxylic acids is 1. The quantitative estimate of drug-likeness (QED) is 0.170. The van der Waals surface area contributed by atoms with Gasteiger partial charge in [-0.3, -0.25) is 18.8 Å². The Morgan fingerprint density at radius 2 is 1.57 bits per heavy atom. The Labute approximate surface area is 292 Å². The maximum atomic E-state index is 13.9. The summed E-state index contributed by atoms with van der Waals surface area (Å²) in [5, 5.41) is 15.6. The standard InChI is InChI=1S/C34H38F6N6O4S/c1-31(2,3)51(50)43-29(34(38,39)40)23-12-10-22(11-13-23)28-26-27(42-44(28)4)30(48)46(20-41-26)19-32(49)14-16-45(17-15-32)25(47)18-24(33(35,36)37)21-8-6-5-7-9-21/h5-13,20,24,29,43,49H,14-19H2,1-4H3. The summed E-state index contributed by atoms with van der Waals surface area (Å²) in [4.78, 5) is 32.1. The summed E-state index contributed by atoms with van der Waals surface area (Å²) >= 11 is -2.00. The van der Waals surface area contributed by atoms with E-state index in [4.69, 9.17) is 0 Å². The van der Waals surface area contributed by atoms with E-state index in [-0.39, 0.29) is 54.6 Å². The Kier molecular flexibility index (Phi) is 10.7. The smallest absolute Gasteiger partial charge is 0.412 e. The highest BCUT2D eigenvalue weighted by molar-refractivity contribution is 7.90. The van der Waals surface area contributed by atoms with Crippen molar-refractivity contribution in [3.63, 3.8) is 0 Å². The zero-order chi connectivity index (χ0) is 37.5. The van der Waals surface area contributed by atoms with E-state index in [1.54, 1.807) is 33.9 Å². The van der Waals surface area contributed by atoms with E-state index in [0.29, 0.717) is 11.3 Å². The van der Waals surface area contributed by atoms with Crippen LogP contribution in [0.4, 0.5) is 26.3 Å². The summed E-state index contributed by atoms with van der Waals surface area (Å²) in [6, 6.07) is 10.4. The number of fused-ring (bicyclic) bond motifs is 1. The average Bonchev–Trinajstić information content (AvgIpc) is 3.39. The number of nitrogens with one attached hydrogen (secondary N) is 1. The number of hydrogen-bond acceptors (Lipinski definition) is 7. The second kappa shape index (κ2) is 14.2. The first kappa shape index (κ1) is 38.3. The molecule has 3 heterocycles. The van der Waals surface area contributed by atoms with Gasteiger partial charge in [-0.15, -0.1) is 4.72 Å². The van der Waals surface area contributed by atoms with Gasteiger partial charge in [0, 0.05) is 43.5 Å². The summed E-state index contributed by atoms with van der Waals surface area (Å²) in [6.07, 6.45) is -8.90. The molecule has 276 valence electrons. The van der Waals surface area contributed by atoms with Crippen LogP contribution in [0.15, 0.2) is 65.7 Å².